The molecular weight excluding hydrogens is 313 g/mol. The van der Waals surface area contributed by atoms with E-state index in [9.17, 15) is 4.39 Å². The molecule has 0 aliphatic carbocycles. The van der Waals surface area contributed by atoms with E-state index in [1.165, 1.54) is 18.6 Å². The number of aromatic nitrogens is 2. The lowest BCUT2D eigenvalue weighted by atomic mass is 10.2. The Labute approximate surface area is 141 Å². The van der Waals surface area contributed by atoms with E-state index in [1.807, 2.05) is 12.1 Å². The van der Waals surface area contributed by atoms with Gasteiger partial charge in [-0.25, -0.2) is 9.37 Å². The average Bonchev–Trinajstić information content (AvgIpc) is 2.94. The quantitative estimate of drug-likeness (QED) is 0.632. The van der Waals surface area contributed by atoms with E-state index in [0.29, 0.717) is 0 Å². The SMILES string of the molecule is CCCCc1nc2ccc([NH2+]Cc3ccc(F)cc3)cc2[nH]1.[Cl-]. The van der Waals surface area contributed by atoms with Crippen LogP contribution in [0.1, 0.15) is 31.2 Å². The van der Waals surface area contributed by atoms with Gasteiger partial charge in [0.15, 0.2) is 0 Å². The van der Waals surface area contributed by atoms with Gasteiger partial charge in [0.05, 0.1) is 11.0 Å². The van der Waals surface area contributed by atoms with E-state index < -0.39 is 0 Å². The molecule has 3 N–H and O–H groups in total. The van der Waals surface area contributed by atoms with Gasteiger partial charge in [-0.2, -0.15) is 0 Å². The molecule has 0 saturated carbocycles. The molecule has 3 nitrogen and oxygen atoms in total. The van der Waals surface area contributed by atoms with Crippen LogP contribution < -0.4 is 17.7 Å². The first-order valence-corrected chi connectivity index (χ1v) is 7.81. The van der Waals surface area contributed by atoms with Crippen molar-refractivity contribution in [2.24, 2.45) is 0 Å². The first-order chi connectivity index (χ1) is 10.7. The van der Waals surface area contributed by atoms with Gasteiger partial charge in [0.1, 0.15) is 23.9 Å². The third kappa shape index (κ3) is 4.53. The van der Waals surface area contributed by atoms with Crippen molar-refractivity contribution in [2.45, 2.75) is 32.7 Å². The van der Waals surface area contributed by atoms with Crippen molar-refractivity contribution < 1.29 is 22.1 Å². The summed E-state index contributed by atoms with van der Waals surface area (Å²) < 4.78 is 12.9. The first kappa shape index (κ1) is 17.4. The van der Waals surface area contributed by atoms with Gasteiger partial charge in [0, 0.05) is 24.1 Å². The minimum atomic E-state index is -0.192. The number of rotatable bonds is 6. The second-order valence-corrected chi connectivity index (χ2v) is 5.60. The fraction of sp³-hybridized carbons (Fsp3) is 0.278. The summed E-state index contributed by atoms with van der Waals surface area (Å²) in [4.78, 5) is 8.00. The van der Waals surface area contributed by atoms with Gasteiger partial charge in [-0.3, -0.25) is 0 Å². The van der Waals surface area contributed by atoms with Crippen LogP contribution >= 0.6 is 0 Å². The van der Waals surface area contributed by atoms with E-state index in [1.54, 1.807) is 0 Å². The van der Waals surface area contributed by atoms with Gasteiger partial charge in [-0.1, -0.05) is 25.5 Å². The van der Waals surface area contributed by atoms with Crippen molar-refractivity contribution in [3.05, 3.63) is 59.7 Å². The molecule has 0 unspecified atom stereocenters. The number of fused-ring (bicyclic) bond motifs is 1. The van der Waals surface area contributed by atoms with Gasteiger partial charge in [0.2, 0.25) is 0 Å². The van der Waals surface area contributed by atoms with Crippen LogP contribution in [0.15, 0.2) is 42.5 Å². The van der Waals surface area contributed by atoms with Crippen LogP contribution in [0.2, 0.25) is 0 Å². The third-order valence-electron chi connectivity index (χ3n) is 3.81. The largest absolute Gasteiger partial charge is 1.00 e. The second-order valence-electron chi connectivity index (χ2n) is 5.60. The number of halogens is 2. The number of unbranched alkanes of at least 4 members (excludes halogenated alkanes) is 1. The van der Waals surface area contributed by atoms with Crippen molar-refractivity contribution in [2.75, 3.05) is 0 Å². The predicted molar refractivity (Wildman–Crippen MR) is 86.4 cm³/mol. The molecule has 0 fully saturated rings. The third-order valence-corrected chi connectivity index (χ3v) is 3.81. The Hall–Kier alpha value is -1.91. The lowest BCUT2D eigenvalue weighted by Gasteiger charge is -2.01. The molecule has 23 heavy (non-hydrogen) atoms. The Balaban J connectivity index is 0.00000192. The number of aryl methyl sites for hydroxylation is 1. The minimum Gasteiger partial charge on any atom is -1.00 e. The number of nitrogens with one attached hydrogen (secondary N) is 1. The highest BCUT2D eigenvalue weighted by Gasteiger charge is 2.06. The zero-order chi connectivity index (χ0) is 15.4. The van der Waals surface area contributed by atoms with Crippen LogP contribution in [0.3, 0.4) is 0 Å². The standard InChI is InChI=1S/C18H20FN3.ClH/c1-2-3-4-18-21-16-10-9-15(11-17(16)22-18)20-12-13-5-7-14(19)8-6-13;/h5-11,20H,2-4,12H2,1H3,(H,21,22);1H. The van der Waals surface area contributed by atoms with E-state index in [4.69, 9.17) is 0 Å². The Morgan fingerprint density at radius 2 is 1.91 bits per heavy atom. The van der Waals surface area contributed by atoms with Crippen LogP contribution in [-0.2, 0) is 13.0 Å². The summed E-state index contributed by atoms with van der Waals surface area (Å²) in [5.41, 5.74) is 4.36. The number of quaternary nitrogens is 1. The average molecular weight is 334 g/mol. The highest BCUT2D eigenvalue weighted by molar-refractivity contribution is 5.77. The number of aromatic amines is 1. The van der Waals surface area contributed by atoms with Gasteiger partial charge in [0.25, 0.3) is 0 Å². The summed E-state index contributed by atoms with van der Waals surface area (Å²) in [5, 5.41) is 2.15. The summed E-state index contributed by atoms with van der Waals surface area (Å²) in [6, 6.07) is 12.9. The molecule has 1 aromatic heterocycles. The number of nitrogens with zero attached hydrogens (tertiary/aromatic N) is 1. The summed E-state index contributed by atoms with van der Waals surface area (Å²) in [6.07, 6.45) is 3.33. The van der Waals surface area contributed by atoms with Crippen molar-refractivity contribution in [3.63, 3.8) is 0 Å². The Bertz CT molecular complexity index is 753. The number of nitrogens with two attached hydrogens (primary N) is 1. The smallest absolute Gasteiger partial charge is 0.132 e. The van der Waals surface area contributed by atoms with Crippen molar-refractivity contribution >= 4 is 16.7 Å². The molecule has 3 rings (SSSR count). The van der Waals surface area contributed by atoms with Crippen LogP contribution in [0.25, 0.3) is 11.0 Å². The first-order valence-electron chi connectivity index (χ1n) is 7.81. The number of hydrogen-bond acceptors (Lipinski definition) is 1. The molecule has 0 spiro atoms. The molecular formula is C18H21ClFN3. The van der Waals surface area contributed by atoms with Gasteiger partial charge in [-0.15, -0.1) is 0 Å². The van der Waals surface area contributed by atoms with Crippen LogP contribution in [0.4, 0.5) is 10.1 Å². The lowest BCUT2D eigenvalue weighted by molar-refractivity contribution is -0.588. The van der Waals surface area contributed by atoms with Crippen LogP contribution in [-0.4, -0.2) is 9.97 Å². The van der Waals surface area contributed by atoms with Gasteiger partial charge in [-0.05, 0) is 24.6 Å². The second kappa shape index (κ2) is 8.09. The molecule has 2 aromatic carbocycles. The molecule has 0 aliphatic heterocycles. The molecule has 0 aliphatic rings. The van der Waals surface area contributed by atoms with Crippen LogP contribution in [0, 0.1) is 5.82 Å². The molecule has 1 heterocycles. The van der Waals surface area contributed by atoms with Gasteiger partial charge >= 0.3 is 0 Å². The van der Waals surface area contributed by atoms with Crippen LogP contribution in [0.5, 0.6) is 0 Å². The molecule has 0 saturated heterocycles. The molecule has 0 amide bonds. The number of imidazole rings is 1. The van der Waals surface area contributed by atoms with Crippen molar-refractivity contribution in [1.82, 2.24) is 9.97 Å². The zero-order valence-corrected chi connectivity index (χ0v) is 13.9. The minimum absolute atomic E-state index is 0. The summed E-state index contributed by atoms with van der Waals surface area (Å²) in [7, 11) is 0. The fourth-order valence-corrected chi connectivity index (χ4v) is 2.53. The summed E-state index contributed by atoms with van der Waals surface area (Å²) in [6.45, 7) is 2.98. The Morgan fingerprint density at radius 3 is 2.65 bits per heavy atom. The normalized spacial score (nSPS) is 10.7. The van der Waals surface area contributed by atoms with Crippen molar-refractivity contribution in [3.8, 4) is 0 Å². The van der Waals surface area contributed by atoms with E-state index in [0.717, 1.165) is 47.5 Å². The maximum absolute atomic E-state index is 12.9. The molecule has 122 valence electrons. The maximum Gasteiger partial charge on any atom is 0.132 e. The van der Waals surface area contributed by atoms with Crippen molar-refractivity contribution in [1.29, 1.82) is 0 Å². The fourth-order valence-electron chi connectivity index (χ4n) is 2.53. The zero-order valence-electron chi connectivity index (χ0n) is 13.2. The summed E-state index contributed by atoms with van der Waals surface area (Å²) in [5.74, 6) is 0.870. The van der Waals surface area contributed by atoms with E-state index >= 15 is 0 Å². The maximum atomic E-state index is 12.9. The molecule has 0 radical (unpaired) electrons. The number of benzene rings is 2. The Kier molecular flexibility index (Phi) is 6.13. The predicted octanol–water partition coefficient (Wildman–Crippen LogP) is 0.444. The number of H-pyrrole nitrogens is 1. The van der Waals surface area contributed by atoms with Gasteiger partial charge < -0.3 is 22.7 Å². The monoisotopic (exact) mass is 333 g/mol. The topological polar surface area (TPSA) is 45.3 Å². The Morgan fingerprint density at radius 1 is 1.13 bits per heavy atom. The highest BCUT2D eigenvalue weighted by Crippen LogP contribution is 2.15. The summed E-state index contributed by atoms with van der Waals surface area (Å²) >= 11 is 0. The molecule has 0 bridgehead atoms. The number of hydrogen-bond donors (Lipinski definition) is 2. The highest BCUT2D eigenvalue weighted by atomic mass is 35.5. The molecule has 3 aromatic rings. The van der Waals surface area contributed by atoms with E-state index in [-0.39, 0.29) is 18.2 Å². The molecule has 5 heteroatoms. The van der Waals surface area contributed by atoms with E-state index in [2.05, 4.69) is 40.4 Å². The molecule has 0 atom stereocenters. The lowest BCUT2D eigenvalue weighted by Crippen LogP contribution is -3.00.